The average molecular weight is 356 g/mol. The third kappa shape index (κ3) is 2.52. The Labute approximate surface area is 147 Å². The van der Waals surface area contributed by atoms with E-state index in [1.807, 2.05) is 36.4 Å². The third-order valence-corrected chi connectivity index (χ3v) is 4.46. The number of para-hydroxylation sites is 1. The average Bonchev–Trinajstić information content (AvgIpc) is 2.92. The number of fused-ring (bicyclic) bond motifs is 3. The van der Waals surface area contributed by atoms with Gasteiger partial charge in [0.1, 0.15) is 11.2 Å². The number of carbonyl (C=O) groups is 1. The normalized spacial score (nSPS) is 11.1. The molecule has 0 bridgehead atoms. The lowest BCUT2D eigenvalue weighted by Gasteiger charge is -2.08. The molecule has 24 heavy (non-hydrogen) atoms. The summed E-state index contributed by atoms with van der Waals surface area (Å²) in [5.41, 5.74) is 2.39. The molecule has 0 unspecified atom stereocenters. The van der Waals surface area contributed by atoms with E-state index in [0.29, 0.717) is 21.3 Å². The van der Waals surface area contributed by atoms with Gasteiger partial charge in [-0.1, -0.05) is 47.5 Å². The van der Waals surface area contributed by atoms with Crippen LogP contribution in [0.4, 0.5) is 5.69 Å². The Kier molecular flexibility index (Phi) is 3.68. The molecule has 1 N–H and O–H groups in total. The first-order chi connectivity index (χ1) is 11.6. The van der Waals surface area contributed by atoms with Crippen LogP contribution >= 0.6 is 23.2 Å². The molecule has 4 rings (SSSR count). The SMILES string of the molecule is O=C(Nc1ccc2c(c1)oc1ccccc12)c1c(Cl)cccc1Cl. The topological polar surface area (TPSA) is 42.2 Å². The summed E-state index contributed by atoms with van der Waals surface area (Å²) in [7, 11) is 0. The van der Waals surface area contributed by atoms with E-state index >= 15 is 0 Å². The van der Waals surface area contributed by atoms with Gasteiger partial charge in [-0.25, -0.2) is 0 Å². The van der Waals surface area contributed by atoms with E-state index in [1.165, 1.54) is 0 Å². The van der Waals surface area contributed by atoms with Gasteiger partial charge in [0.2, 0.25) is 0 Å². The minimum atomic E-state index is -0.360. The Balaban J connectivity index is 1.72. The number of anilines is 1. The van der Waals surface area contributed by atoms with Crippen LogP contribution in [0.3, 0.4) is 0 Å². The second-order valence-corrected chi connectivity index (χ2v) is 6.17. The van der Waals surface area contributed by atoms with Gasteiger partial charge in [-0.2, -0.15) is 0 Å². The number of hydrogen-bond acceptors (Lipinski definition) is 2. The Hall–Kier alpha value is -2.49. The van der Waals surface area contributed by atoms with Crippen LogP contribution in [-0.4, -0.2) is 5.91 Å². The van der Waals surface area contributed by atoms with Crippen molar-refractivity contribution in [2.24, 2.45) is 0 Å². The predicted molar refractivity (Wildman–Crippen MR) is 98.1 cm³/mol. The lowest BCUT2D eigenvalue weighted by atomic mass is 10.1. The zero-order chi connectivity index (χ0) is 16.7. The molecule has 1 heterocycles. The van der Waals surface area contributed by atoms with Crippen LogP contribution in [0.5, 0.6) is 0 Å². The molecule has 0 aliphatic heterocycles. The van der Waals surface area contributed by atoms with Crippen molar-refractivity contribution in [3.8, 4) is 0 Å². The van der Waals surface area contributed by atoms with Gasteiger partial charge in [0.05, 0.1) is 15.6 Å². The van der Waals surface area contributed by atoms with E-state index in [-0.39, 0.29) is 11.5 Å². The third-order valence-electron chi connectivity index (χ3n) is 3.83. The molecule has 118 valence electrons. The zero-order valence-electron chi connectivity index (χ0n) is 12.3. The van der Waals surface area contributed by atoms with Crippen molar-refractivity contribution < 1.29 is 9.21 Å². The second-order valence-electron chi connectivity index (χ2n) is 5.36. The molecule has 1 aromatic heterocycles. The Morgan fingerprint density at radius 3 is 2.33 bits per heavy atom. The van der Waals surface area contributed by atoms with E-state index < -0.39 is 0 Å². The van der Waals surface area contributed by atoms with Gasteiger partial charge in [-0.3, -0.25) is 4.79 Å². The smallest absolute Gasteiger partial charge is 0.258 e. The standard InChI is InChI=1S/C19H11Cl2NO2/c20-14-5-3-6-15(21)18(14)19(23)22-11-8-9-13-12-4-1-2-7-16(12)24-17(13)10-11/h1-10H,(H,22,23). The number of nitrogens with one attached hydrogen (secondary N) is 1. The molecule has 5 heteroatoms. The highest BCUT2D eigenvalue weighted by Crippen LogP contribution is 2.31. The highest BCUT2D eigenvalue weighted by molar-refractivity contribution is 6.40. The van der Waals surface area contributed by atoms with E-state index in [9.17, 15) is 4.79 Å². The van der Waals surface area contributed by atoms with Gasteiger partial charge in [-0.05, 0) is 30.3 Å². The van der Waals surface area contributed by atoms with Crippen LogP contribution in [0.25, 0.3) is 21.9 Å². The van der Waals surface area contributed by atoms with Crippen molar-refractivity contribution in [2.45, 2.75) is 0 Å². The van der Waals surface area contributed by atoms with E-state index in [1.54, 1.807) is 24.3 Å². The molecule has 0 atom stereocenters. The number of benzene rings is 3. The van der Waals surface area contributed by atoms with Gasteiger partial charge in [0.25, 0.3) is 5.91 Å². The predicted octanol–water partition coefficient (Wildman–Crippen LogP) is 6.15. The van der Waals surface area contributed by atoms with Gasteiger partial charge < -0.3 is 9.73 Å². The van der Waals surface area contributed by atoms with E-state index in [0.717, 1.165) is 16.4 Å². The molecule has 3 nitrogen and oxygen atoms in total. The minimum Gasteiger partial charge on any atom is -0.456 e. The second kappa shape index (κ2) is 5.86. The number of halogens is 2. The Bertz CT molecular complexity index is 1070. The van der Waals surface area contributed by atoms with Crippen molar-refractivity contribution >= 4 is 56.7 Å². The summed E-state index contributed by atoms with van der Waals surface area (Å²) in [6, 6.07) is 18.3. The van der Waals surface area contributed by atoms with Crippen molar-refractivity contribution in [3.63, 3.8) is 0 Å². The van der Waals surface area contributed by atoms with Gasteiger partial charge in [0.15, 0.2) is 0 Å². The number of carbonyl (C=O) groups excluding carboxylic acids is 1. The van der Waals surface area contributed by atoms with Crippen molar-refractivity contribution in [1.82, 2.24) is 0 Å². The first-order valence-corrected chi connectivity index (χ1v) is 8.06. The molecule has 3 aromatic carbocycles. The zero-order valence-corrected chi connectivity index (χ0v) is 13.9. The quantitative estimate of drug-likeness (QED) is 0.468. The molecule has 0 spiro atoms. The molecule has 0 aliphatic carbocycles. The van der Waals surface area contributed by atoms with Gasteiger partial charge in [-0.15, -0.1) is 0 Å². The molecule has 0 saturated heterocycles. The molecule has 0 fully saturated rings. The first-order valence-electron chi connectivity index (χ1n) is 7.30. The van der Waals surface area contributed by atoms with Crippen molar-refractivity contribution in [3.05, 3.63) is 76.3 Å². The van der Waals surface area contributed by atoms with Crippen LogP contribution in [-0.2, 0) is 0 Å². The maximum Gasteiger partial charge on any atom is 0.258 e. The van der Waals surface area contributed by atoms with Crippen LogP contribution in [0.2, 0.25) is 10.0 Å². The fraction of sp³-hybridized carbons (Fsp3) is 0. The molecular formula is C19H11Cl2NO2. The summed E-state index contributed by atoms with van der Waals surface area (Å²) in [6.07, 6.45) is 0. The van der Waals surface area contributed by atoms with Crippen molar-refractivity contribution in [2.75, 3.05) is 5.32 Å². The molecule has 0 aliphatic rings. The summed E-state index contributed by atoms with van der Waals surface area (Å²) in [5, 5.41) is 5.47. The first kappa shape index (κ1) is 15.1. The van der Waals surface area contributed by atoms with Crippen LogP contribution in [0.1, 0.15) is 10.4 Å². The fourth-order valence-corrected chi connectivity index (χ4v) is 3.28. The van der Waals surface area contributed by atoms with Crippen LogP contribution in [0.15, 0.2) is 65.1 Å². The summed E-state index contributed by atoms with van der Waals surface area (Å²) in [4.78, 5) is 12.5. The van der Waals surface area contributed by atoms with Gasteiger partial charge >= 0.3 is 0 Å². The minimum absolute atomic E-state index is 0.255. The maximum absolute atomic E-state index is 12.5. The highest BCUT2D eigenvalue weighted by atomic mass is 35.5. The lowest BCUT2D eigenvalue weighted by molar-refractivity contribution is 0.102. The monoisotopic (exact) mass is 355 g/mol. The molecular weight excluding hydrogens is 345 g/mol. The van der Waals surface area contributed by atoms with Crippen LogP contribution < -0.4 is 5.32 Å². The maximum atomic E-state index is 12.5. The summed E-state index contributed by atoms with van der Waals surface area (Å²) in [5.74, 6) is -0.360. The summed E-state index contributed by atoms with van der Waals surface area (Å²) >= 11 is 12.2. The Morgan fingerprint density at radius 1 is 0.833 bits per heavy atom. The highest BCUT2D eigenvalue weighted by Gasteiger charge is 2.15. The van der Waals surface area contributed by atoms with Gasteiger partial charge in [0, 0.05) is 22.5 Å². The number of furan rings is 1. The number of amides is 1. The van der Waals surface area contributed by atoms with Crippen molar-refractivity contribution in [1.29, 1.82) is 0 Å². The van der Waals surface area contributed by atoms with Crippen LogP contribution in [0, 0.1) is 0 Å². The Morgan fingerprint density at radius 2 is 1.54 bits per heavy atom. The molecule has 4 aromatic rings. The fourth-order valence-electron chi connectivity index (χ4n) is 2.71. The summed E-state index contributed by atoms with van der Waals surface area (Å²) < 4.78 is 5.82. The number of rotatable bonds is 2. The lowest BCUT2D eigenvalue weighted by Crippen LogP contribution is -2.13. The molecule has 0 saturated carbocycles. The number of hydrogen-bond donors (Lipinski definition) is 1. The summed E-state index contributed by atoms with van der Waals surface area (Å²) in [6.45, 7) is 0. The molecule has 0 radical (unpaired) electrons. The van der Waals surface area contributed by atoms with E-state index in [2.05, 4.69) is 5.32 Å². The molecule has 1 amide bonds. The largest absolute Gasteiger partial charge is 0.456 e. The van der Waals surface area contributed by atoms with E-state index in [4.69, 9.17) is 27.6 Å².